The molecule has 21 heavy (non-hydrogen) atoms. The van der Waals surface area contributed by atoms with Crippen LogP contribution >= 0.6 is 15.9 Å². The summed E-state index contributed by atoms with van der Waals surface area (Å²) < 4.78 is 12.0. The summed E-state index contributed by atoms with van der Waals surface area (Å²) in [6.45, 7) is 3.03. The number of aryl methyl sites for hydroxylation is 1. The lowest BCUT2D eigenvalue weighted by Crippen LogP contribution is -2.09. The molecule has 0 spiro atoms. The van der Waals surface area contributed by atoms with Crippen LogP contribution in [0.1, 0.15) is 22.8 Å². The summed E-state index contributed by atoms with van der Waals surface area (Å²) in [5.41, 5.74) is 1.90. The Bertz CT molecular complexity index is 593. The summed E-state index contributed by atoms with van der Waals surface area (Å²) >= 11 is 3.38. The van der Waals surface area contributed by atoms with Crippen LogP contribution in [0.3, 0.4) is 0 Å². The first-order valence-electron chi connectivity index (χ1n) is 6.82. The number of rotatable bonds is 7. The van der Waals surface area contributed by atoms with Crippen LogP contribution in [0, 0.1) is 0 Å². The van der Waals surface area contributed by atoms with Gasteiger partial charge in [0.15, 0.2) is 0 Å². The highest BCUT2D eigenvalue weighted by Gasteiger charge is 2.02. The molecule has 0 radical (unpaired) electrons. The molecule has 0 aliphatic heterocycles. The summed E-state index contributed by atoms with van der Waals surface area (Å²) in [7, 11) is 0. The van der Waals surface area contributed by atoms with Crippen molar-refractivity contribution in [3.8, 4) is 11.5 Å². The number of halogens is 1. The van der Waals surface area contributed by atoms with Crippen molar-refractivity contribution in [2.24, 2.45) is 0 Å². The molecule has 0 aromatic heterocycles. The van der Waals surface area contributed by atoms with Crippen molar-refractivity contribution >= 4 is 22.2 Å². The number of hydrogen-bond acceptors (Lipinski definition) is 3. The smallest absolute Gasteiger partial charge is 0.150 e. The molecule has 0 saturated heterocycles. The molecular formula is C17H17BrO3. The second kappa shape index (κ2) is 7.84. The number of carbonyl (C=O) groups is 1. The summed E-state index contributed by atoms with van der Waals surface area (Å²) in [5, 5.41) is 0. The van der Waals surface area contributed by atoms with Gasteiger partial charge in [-0.25, -0.2) is 0 Å². The quantitative estimate of drug-likeness (QED) is 0.553. The maximum absolute atomic E-state index is 10.7. The van der Waals surface area contributed by atoms with Gasteiger partial charge in [0.2, 0.25) is 0 Å². The van der Waals surface area contributed by atoms with Gasteiger partial charge < -0.3 is 9.47 Å². The molecule has 0 aliphatic rings. The zero-order valence-electron chi connectivity index (χ0n) is 11.8. The first-order valence-corrected chi connectivity index (χ1v) is 7.61. The van der Waals surface area contributed by atoms with Crippen molar-refractivity contribution in [3.05, 3.63) is 58.1 Å². The van der Waals surface area contributed by atoms with Crippen molar-refractivity contribution in [1.29, 1.82) is 0 Å². The predicted molar refractivity (Wildman–Crippen MR) is 86.3 cm³/mol. The molecule has 110 valence electrons. The van der Waals surface area contributed by atoms with Gasteiger partial charge in [-0.3, -0.25) is 4.79 Å². The highest BCUT2D eigenvalue weighted by atomic mass is 79.9. The first kappa shape index (κ1) is 15.6. The van der Waals surface area contributed by atoms with Crippen molar-refractivity contribution in [2.45, 2.75) is 13.3 Å². The van der Waals surface area contributed by atoms with Crippen molar-refractivity contribution in [3.63, 3.8) is 0 Å². The van der Waals surface area contributed by atoms with E-state index in [9.17, 15) is 4.79 Å². The van der Waals surface area contributed by atoms with Crippen molar-refractivity contribution < 1.29 is 14.3 Å². The van der Waals surface area contributed by atoms with E-state index >= 15 is 0 Å². The van der Waals surface area contributed by atoms with Crippen LogP contribution < -0.4 is 9.47 Å². The molecule has 0 unspecified atom stereocenters. The topological polar surface area (TPSA) is 35.5 Å². The number of hydrogen-bond donors (Lipinski definition) is 0. The first-order chi connectivity index (χ1) is 10.2. The Morgan fingerprint density at radius 1 is 1.05 bits per heavy atom. The molecular weight excluding hydrogens is 332 g/mol. The predicted octanol–water partition coefficient (Wildman–Crippen LogP) is 4.28. The van der Waals surface area contributed by atoms with Crippen LogP contribution in [0.2, 0.25) is 0 Å². The Balaban J connectivity index is 1.80. The minimum Gasteiger partial charge on any atom is -0.490 e. The Morgan fingerprint density at radius 3 is 2.38 bits per heavy atom. The van der Waals surface area contributed by atoms with Crippen LogP contribution in [0.25, 0.3) is 0 Å². The Labute approximate surface area is 133 Å². The molecule has 3 nitrogen and oxygen atoms in total. The molecule has 2 aromatic rings. The monoisotopic (exact) mass is 348 g/mol. The molecule has 0 heterocycles. The summed E-state index contributed by atoms with van der Waals surface area (Å²) in [4.78, 5) is 10.7. The van der Waals surface area contributed by atoms with Gasteiger partial charge in [0.1, 0.15) is 31.0 Å². The van der Waals surface area contributed by atoms with E-state index in [1.165, 1.54) is 5.56 Å². The van der Waals surface area contributed by atoms with Crippen LogP contribution in [0.5, 0.6) is 11.5 Å². The van der Waals surface area contributed by atoms with E-state index in [1.807, 2.05) is 12.1 Å². The van der Waals surface area contributed by atoms with Crippen molar-refractivity contribution in [2.75, 3.05) is 13.2 Å². The second-order valence-electron chi connectivity index (χ2n) is 4.50. The van der Waals surface area contributed by atoms with Crippen LogP contribution in [0.4, 0.5) is 0 Å². The highest BCUT2D eigenvalue weighted by molar-refractivity contribution is 9.10. The fourth-order valence-electron chi connectivity index (χ4n) is 1.84. The maximum atomic E-state index is 10.7. The van der Waals surface area contributed by atoms with Gasteiger partial charge in [0.05, 0.1) is 4.47 Å². The lowest BCUT2D eigenvalue weighted by molar-refractivity contribution is 0.112. The Hall–Kier alpha value is -1.81. The minimum atomic E-state index is 0.439. The molecule has 2 rings (SSSR count). The third-order valence-corrected chi connectivity index (χ3v) is 3.65. The van der Waals surface area contributed by atoms with E-state index in [2.05, 4.69) is 35.0 Å². The average molecular weight is 349 g/mol. The van der Waals surface area contributed by atoms with Gasteiger partial charge in [-0.1, -0.05) is 19.1 Å². The van der Waals surface area contributed by atoms with Crippen LogP contribution in [-0.2, 0) is 6.42 Å². The maximum Gasteiger partial charge on any atom is 0.150 e. The fraction of sp³-hybridized carbons (Fsp3) is 0.235. The Kier molecular flexibility index (Phi) is 5.81. The molecule has 0 N–H and O–H groups in total. The van der Waals surface area contributed by atoms with Gasteiger partial charge >= 0.3 is 0 Å². The summed E-state index contributed by atoms with van der Waals surface area (Å²) in [6.07, 6.45) is 1.83. The van der Waals surface area contributed by atoms with E-state index in [1.54, 1.807) is 18.2 Å². The number of aldehydes is 1. The van der Waals surface area contributed by atoms with Gasteiger partial charge in [-0.2, -0.15) is 0 Å². The minimum absolute atomic E-state index is 0.439. The molecule has 0 aliphatic carbocycles. The highest BCUT2D eigenvalue weighted by Crippen LogP contribution is 2.25. The fourth-order valence-corrected chi connectivity index (χ4v) is 2.35. The molecule has 0 atom stereocenters. The number of carbonyl (C=O) groups excluding carboxylic acids is 1. The molecule has 0 fully saturated rings. The normalized spacial score (nSPS) is 10.2. The lowest BCUT2D eigenvalue weighted by atomic mass is 10.2. The SMILES string of the molecule is CCc1ccc(OCCOc2ccc(C=O)cc2Br)cc1. The van der Waals surface area contributed by atoms with E-state index in [0.717, 1.165) is 22.9 Å². The zero-order valence-corrected chi connectivity index (χ0v) is 13.4. The van der Waals surface area contributed by atoms with E-state index in [0.29, 0.717) is 24.5 Å². The van der Waals surface area contributed by atoms with E-state index < -0.39 is 0 Å². The molecule has 0 bridgehead atoms. The van der Waals surface area contributed by atoms with Crippen LogP contribution in [0.15, 0.2) is 46.9 Å². The standard InChI is InChI=1S/C17H17BrO3/c1-2-13-3-6-15(7-4-13)20-9-10-21-17-8-5-14(12-19)11-16(17)18/h3-8,11-12H,2,9-10H2,1H3. The molecule has 2 aromatic carbocycles. The van der Waals surface area contributed by atoms with E-state index in [4.69, 9.17) is 9.47 Å². The third-order valence-electron chi connectivity index (χ3n) is 3.03. The number of ether oxygens (including phenoxy) is 2. The lowest BCUT2D eigenvalue weighted by Gasteiger charge is -2.10. The largest absolute Gasteiger partial charge is 0.490 e. The van der Waals surface area contributed by atoms with Gasteiger partial charge in [-0.15, -0.1) is 0 Å². The number of benzene rings is 2. The van der Waals surface area contributed by atoms with Gasteiger partial charge in [-0.05, 0) is 58.2 Å². The third kappa shape index (κ3) is 4.60. The van der Waals surface area contributed by atoms with Crippen molar-refractivity contribution in [1.82, 2.24) is 0 Å². The Morgan fingerprint density at radius 2 is 1.76 bits per heavy atom. The summed E-state index contributed by atoms with van der Waals surface area (Å²) in [6, 6.07) is 13.3. The summed E-state index contributed by atoms with van der Waals surface area (Å²) in [5.74, 6) is 1.54. The van der Waals surface area contributed by atoms with Gasteiger partial charge in [0, 0.05) is 5.56 Å². The molecule has 0 amide bonds. The second-order valence-corrected chi connectivity index (χ2v) is 5.36. The van der Waals surface area contributed by atoms with Crippen LogP contribution in [-0.4, -0.2) is 19.5 Å². The zero-order chi connectivity index (χ0) is 15.1. The average Bonchev–Trinajstić information content (AvgIpc) is 2.53. The molecule has 4 heteroatoms. The van der Waals surface area contributed by atoms with Gasteiger partial charge in [0.25, 0.3) is 0 Å². The molecule has 0 saturated carbocycles. The van der Waals surface area contributed by atoms with E-state index in [-0.39, 0.29) is 0 Å².